The van der Waals surface area contributed by atoms with Crippen molar-refractivity contribution < 1.29 is 21.8 Å². The molecule has 1 aromatic rings. The van der Waals surface area contributed by atoms with E-state index in [1.54, 1.807) is 17.0 Å². The molecule has 0 atom stereocenters. The highest BCUT2D eigenvalue weighted by Crippen LogP contribution is 1.88. The second-order valence-electron chi connectivity index (χ2n) is 2.30. The van der Waals surface area contributed by atoms with Gasteiger partial charge in [0, 0.05) is 12.1 Å². The standard InChI is InChI=1S/C8H10NO.ClH/c1-7-3-5-9(6-4-7)8(2)10;/h3-6H,1-2H3;1H/q+1;/p-1. The molecule has 3 heteroatoms. The highest BCUT2D eigenvalue weighted by atomic mass is 35.5. The van der Waals surface area contributed by atoms with Gasteiger partial charge in [0.15, 0.2) is 12.4 Å². The Morgan fingerprint density at radius 3 is 2.18 bits per heavy atom. The molecule has 0 fully saturated rings. The van der Waals surface area contributed by atoms with Crippen LogP contribution in [0.2, 0.25) is 0 Å². The Labute approximate surface area is 72.3 Å². The zero-order valence-electron chi connectivity index (χ0n) is 6.54. The number of aromatic nitrogens is 1. The Balaban J connectivity index is 0.000001000. The molecule has 11 heavy (non-hydrogen) atoms. The first-order chi connectivity index (χ1) is 4.70. The number of aryl methyl sites for hydroxylation is 1. The Morgan fingerprint density at radius 2 is 1.82 bits per heavy atom. The maximum atomic E-state index is 10.7. The van der Waals surface area contributed by atoms with Crippen LogP contribution in [0.15, 0.2) is 24.5 Å². The van der Waals surface area contributed by atoms with Crippen molar-refractivity contribution >= 4 is 5.91 Å². The predicted octanol–water partition coefficient (Wildman–Crippen LogP) is -2.05. The summed E-state index contributed by atoms with van der Waals surface area (Å²) < 4.78 is 1.55. The van der Waals surface area contributed by atoms with E-state index in [-0.39, 0.29) is 18.3 Å². The molecule has 60 valence electrons. The van der Waals surface area contributed by atoms with Crippen LogP contribution in [0.4, 0.5) is 0 Å². The molecule has 0 aliphatic carbocycles. The number of halogens is 1. The van der Waals surface area contributed by atoms with E-state index in [0.29, 0.717) is 0 Å². The monoisotopic (exact) mass is 171 g/mol. The molecule has 0 saturated heterocycles. The summed E-state index contributed by atoms with van der Waals surface area (Å²) in [5.74, 6) is 0.0417. The molecule has 0 aromatic carbocycles. The lowest BCUT2D eigenvalue weighted by Crippen LogP contribution is -3.00. The van der Waals surface area contributed by atoms with E-state index < -0.39 is 0 Å². The van der Waals surface area contributed by atoms with Crippen molar-refractivity contribution in [1.29, 1.82) is 0 Å². The fraction of sp³-hybridized carbons (Fsp3) is 0.250. The maximum absolute atomic E-state index is 10.7. The zero-order valence-corrected chi connectivity index (χ0v) is 7.30. The van der Waals surface area contributed by atoms with Crippen molar-refractivity contribution in [3.63, 3.8) is 0 Å². The molecule has 0 amide bonds. The van der Waals surface area contributed by atoms with Gasteiger partial charge < -0.3 is 12.4 Å². The summed E-state index contributed by atoms with van der Waals surface area (Å²) in [6.07, 6.45) is 3.52. The van der Waals surface area contributed by atoms with E-state index in [1.165, 1.54) is 6.92 Å². The molecule has 0 aliphatic rings. The Kier molecular flexibility index (Phi) is 3.76. The quantitative estimate of drug-likeness (QED) is 0.412. The fourth-order valence-corrected chi connectivity index (χ4v) is 0.711. The van der Waals surface area contributed by atoms with E-state index in [2.05, 4.69) is 0 Å². The van der Waals surface area contributed by atoms with Gasteiger partial charge in [0.1, 0.15) is 0 Å². The molecule has 0 unspecified atom stereocenters. The van der Waals surface area contributed by atoms with Crippen LogP contribution in [0.5, 0.6) is 0 Å². The van der Waals surface area contributed by atoms with Gasteiger partial charge in [-0.25, -0.2) is 4.79 Å². The van der Waals surface area contributed by atoms with Gasteiger partial charge in [-0.2, -0.15) is 0 Å². The van der Waals surface area contributed by atoms with Gasteiger partial charge >= 0.3 is 5.91 Å². The van der Waals surface area contributed by atoms with Crippen molar-refractivity contribution in [2.24, 2.45) is 0 Å². The molecule has 1 heterocycles. The summed E-state index contributed by atoms with van der Waals surface area (Å²) in [5.41, 5.74) is 1.16. The Morgan fingerprint density at radius 1 is 1.36 bits per heavy atom. The fourth-order valence-electron chi connectivity index (χ4n) is 0.711. The molecule has 1 rings (SSSR count). The second kappa shape index (κ2) is 4.09. The summed E-state index contributed by atoms with van der Waals surface area (Å²) in [6, 6.07) is 3.81. The smallest absolute Gasteiger partial charge is 0.389 e. The normalized spacial score (nSPS) is 8.55. The lowest BCUT2D eigenvalue weighted by atomic mass is 10.3. The molecule has 0 saturated carbocycles. The van der Waals surface area contributed by atoms with Crippen LogP contribution in [0.1, 0.15) is 17.3 Å². The maximum Gasteiger partial charge on any atom is 0.389 e. The number of nitrogens with zero attached hydrogens (tertiary/aromatic N) is 1. The van der Waals surface area contributed by atoms with Crippen LogP contribution in [-0.2, 0) is 0 Å². The van der Waals surface area contributed by atoms with Gasteiger partial charge in [-0.1, -0.05) is 0 Å². The molecule has 0 radical (unpaired) electrons. The lowest BCUT2D eigenvalue weighted by molar-refractivity contribution is -0.572. The third-order valence-electron chi connectivity index (χ3n) is 1.36. The van der Waals surface area contributed by atoms with Crippen LogP contribution in [-0.4, -0.2) is 5.91 Å². The molecule has 2 nitrogen and oxygen atoms in total. The molecular formula is C8H10ClNO. The topological polar surface area (TPSA) is 20.9 Å². The van der Waals surface area contributed by atoms with Gasteiger partial charge in [-0.05, 0) is 12.5 Å². The minimum atomic E-state index is 0. The number of pyridine rings is 1. The van der Waals surface area contributed by atoms with Crippen LogP contribution in [0, 0.1) is 6.92 Å². The molecule has 0 spiro atoms. The average Bonchev–Trinajstić information content (AvgIpc) is 1.88. The van der Waals surface area contributed by atoms with E-state index in [0.717, 1.165) is 5.56 Å². The van der Waals surface area contributed by atoms with Crippen molar-refractivity contribution in [3.8, 4) is 0 Å². The summed E-state index contributed by atoms with van der Waals surface area (Å²) in [7, 11) is 0. The number of carbonyl (C=O) groups is 1. The Hall–Kier alpha value is -0.890. The van der Waals surface area contributed by atoms with Crippen molar-refractivity contribution in [2.75, 3.05) is 0 Å². The van der Waals surface area contributed by atoms with E-state index >= 15 is 0 Å². The minimum absolute atomic E-state index is 0. The second-order valence-corrected chi connectivity index (χ2v) is 2.30. The average molecular weight is 172 g/mol. The largest absolute Gasteiger partial charge is 1.00 e. The summed E-state index contributed by atoms with van der Waals surface area (Å²) in [6.45, 7) is 3.53. The van der Waals surface area contributed by atoms with Crippen molar-refractivity contribution in [1.82, 2.24) is 0 Å². The summed E-state index contributed by atoms with van der Waals surface area (Å²) in [5, 5.41) is 0. The van der Waals surface area contributed by atoms with Gasteiger partial charge in [0.25, 0.3) is 0 Å². The zero-order chi connectivity index (χ0) is 7.56. The Bertz CT molecular complexity index is 243. The lowest BCUT2D eigenvalue weighted by Gasteiger charge is -1.88. The van der Waals surface area contributed by atoms with E-state index in [1.807, 2.05) is 19.1 Å². The van der Waals surface area contributed by atoms with E-state index in [9.17, 15) is 4.79 Å². The number of carbonyl (C=O) groups excluding carboxylic acids is 1. The van der Waals surface area contributed by atoms with Gasteiger partial charge in [0.05, 0.1) is 6.92 Å². The molecule has 0 aliphatic heterocycles. The number of rotatable bonds is 0. The van der Waals surface area contributed by atoms with Gasteiger partial charge in [-0.3, -0.25) is 0 Å². The molecule has 0 bridgehead atoms. The van der Waals surface area contributed by atoms with Crippen LogP contribution in [0.25, 0.3) is 0 Å². The predicted molar refractivity (Wildman–Crippen MR) is 37.7 cm³/mol. The first-order valence-corrected chi connectivity index (χ1v) is 3.19. The third kappa shape index (κ3) is 2.68. The first kappa shape index (κ1) is 10.1. The third-order valence-corrected chi connectivity index (χ3v) is 1.36. The highest BCUT2D eigenvalue weighted by molar-refractivity contribution is 5.63. The van der Waals surface area contributed by atoms with Crippen LogP contribution >= 0.6 is 0 Å². The SMILES string of the molecule is CC(=O)[n+]1ccc(C)cc1.[Cl-]. The van der Waals surface area contributed by atoms with Crippen molar-refractivity contribution in [2.45, 2.75) is 13.8 Å². The molecular weight excluding hydrogens is 162 g/mol. The van der Waals surface area contributed by atoms with Gasteiger partial charge in [-0.15, -0.1) is 4.57 Å². The first-order valence-electron chi connectivity index (χ1n) is 3.19. The summed E-state index contributed by atoms with van der Waals surface area (Å²) >= 11 is 0. The number of hydrogen-bond donors (Lipinski definition) is 0. The van der Waals surface area contributed by atoms with E-state index in [4.69, 9.17) is 0 Å². The summed E-state index contributed by atoms with van der Waals surface area (Å²) in [4.78, 5) is 10.7. The van der Waals surface area contributed by atoms with Crippen LogP contribution < -0.4 is 17.0 Å². The highest BCUT2D eigenvalue weighted by Gasteiger charge is 2.03. The van der Waals surface area contributed by atoms with Gasteiger partial charge in [0.2, 0.25) is 0 Å². The molecule has 0 N–H and O–H groups in total. The van der Waals surface area contributed by atoms with Crippen molar-refractivity contribution in [3.05, 3.63) is 30.1 Å². The minimum Gasteiger partial charge on any atom is -1.00 e. The van der Waals surface area contributed by atoms with Crippen LogP contribution in [0.3, 0.4) is 0 Å². The molecule has 1 aromatic heterocycles. The number of hydrogen-bond acceptors (Lipinski definition) is 1.